The lowest BCUT2D eigenvalue weighted by Crippen LogP contribution is -2.46. The van der Waals surface area contributed by atoms with Crippen molar-refractivity contribution in [1.82, 2.24) is 9.80 Å². The smallest absolute Gasteiger partial charge is 0.225 e. The van der Waals surface area contributed by atoms with Crippen LogP contribution in [0.5, 0.6) is 0 Å². The third kappa shape index (κ3) is 4.47. The number of nitrogens with two attached hydrogens (primary N) is 1. The molecule has 20 heavy (non-hydrogen) atoms. The highest BCUT2D eigenvalue weighted by atomic mass is 16.2. The van der Waals surface area contributed by atoms with Crippen molar-refractivity contribution in [3.05, 3.63) is 0 Å². The minimum Gasteiger partial charge on any atom is -0.349 e. The van der Waals surface area contributed by atoms with Gasteiger partial charge in [-0.05, 0) is 18.3 Å². The van der Waals surface area contributed by atoms with Crippen LogP contribution in [0, 0.1) is 11.3 Å². The Hall–Kier alpha value is -1.10. The van der Waals surface area contributed by atoms with Crippen LogP contribution >= 0.6 is 0 Å². The lowest BCUT2D eigenvalue weighted by atomic mass is 9.85. The molecule has 2 N–H and O–H groups in total. The summed E-state index contributed by atoms with van der Waals surface area (Å²) in [7, 11) is 3.56. The lowest BCUT2D eigenvalue weighted by molar-refractivity contribution is -0.139. The minimum absolute atomic E-state index is 0.0605. The summed E-state index contributed by atoms with van der Waals surface area (Å²) in [5.74, 6) is 0.344. The fraction of sp³-hybridized carbons (Fsp3) is 0.867. The van der Waals surface area contributed by atoms with Crippen LogP contribution in [0.1, 0.15) is 40.0 Å². The van der Waals surface area contributed by atoms with Crippen LogP contribution in [0.4, 0.5) is 0 Å². The Bertz CT molecular complexity index is 353. The number of amides is 2. The van der Waals surface area contributed by atoms with Gasteiger partial charge in [-0.3, -0.25) is 9.59 Å². The molecule has 0 aromatic rings. The maximum atomic E-state index is 12.2. The molecule has 1 atom stereocenters. The Morgan fingerprint density at radius 1 is 1.25 bits per heavy atom. The Balaban J connectivity index is 2.45. The summed E-state index contributed by atoms with van der Waals surface area (Å²) < 4.78 is 0. The fourth-order valence-corrected chi connectivity index (χ4v) is 2.36. The van der Waals surface area contributed by atoms with Gasteiger partial charge in [0.2, 0.25) is 11.8 Å². The summed E-state index contributed by atoms with van der Waals surface area (Å²) in [5, 5.41) is 0. The van der Waals surface area contributed by atoms with Crippen LogP contribution in [-0.4, -0.2) is 54.8 Å². The van der Waals surface area contributed by atoms with Gasteiger partial charge in [-0.1, -0.05) is 20.8 Å². The zero-order valence-corrected chi connectivity index (χ0v) is 13.5. The number of carbonyl (C=O) groups is 2. The standard InChI is InChI=1S/C15H29N3O2/c1-15(2,3)12(16)10-13(19)18-8-6-11(7-9-18)14(20)17(4)5/h11-12H,6-10,16H2,1-5H3. The van der Waals surface area contributed by atoms with Crippen LogP contribution in [0.25, 0.3) is 0 Å². The number of nitrogens with zero attached hydrogens (tertiary/aromatic N) is 2. The molecule has 0 radical (unpaired) electrons. The van der Waals surface area contributed by atoms with Gasteiger partial charge in [0.25, 0.3) is 0 Å². The largest absolute Gasteiger partial charge is 0.349 e. The van der Waals surface area contributed by atoms with Crippen molar-refractivity contribution >= 4 is 11.8 Å². The van der Waals surface area contributed by atoms with E-state index in [0.717, 1.165) is 12.8 Å². The summed E-state index contributed by atoms with van der Waals surface area (Å²) in [5.41, 5.74) is 6.00. The van der Waals surface area contributed by atoms with E-state index >= 15 is 0 Å². The van der Waals surface area contributed by atoms with Crippen LogP contribution in [-0.2, 0) is 9.59 Å². The van der Waals surface area contributed by atoms with Gasteiger partial charge in [0.15, 0.2) is 0 Å². The molecule has 116 valence electrons. The van der Waals surface area contributed by atoms with E-state index in [1.165, 1.54) is 0 Å². The molecule has 1 aliphatic rings. The van der Waals surface area contributed by atoms with Gasteiger partial charge in [0.1, 0.15) is 0 Å². The molecule has 0 aliphatic carbocycles. The monoisotopic (exact) mass is 283 g/mol. The highest BCUT2D eigenvalue weighted by molar-refractivity contribution is 5.80. The molecular weight excluding hydrogens is 254 g/mol. The van der Waals surface area contributed by atoms with Crippen LogP contribution < -0.4 is 5.73 Å². The van der Waals surface area contributed by atoms with E-state index in [9.17, 15) is 9.59 Å². The van der Waals surface area contributed by atoms with Crippen LogP contribution in [0.2, 0.25) is 0 Å². The van der Waals surface area contributed by atoms with Gasteiger partial charge in [0.05, 0.1) is 0 Å². The van der Waals surface area contributed by atoms with Crippen molar-refractivity contribution in [1.29, 1.82) is 0 Å². The first-order valence-electron chi connectivity index (χ1n) is 7.37. The average Bonchev–Trinajstić information content (AvgIpc) is 2.36. The minimum atomic E-state index is -0.129. The number of likely N-dealkylation sites (tertiary alicyclic amines) is 1. The van der Waals surface area contributed by atoms with Crippen molar-refractivity contribution in [2.24, 2.45) is 17.1 Å². The molecule has 1 saturated heterocycles. The predicted molar refractivity (Wildman–Crippen MR) is 80.0 cm³/mol. The van der Waals surface area contributed by atoms with Gasteiger partial charge in [-0.15, -0.1) is 0 Å². The molecule has 1 aliphatic heterocycles. The molecule has 1 heterocycles. The topological polar surface area (TPSA) is 66.6 Å². The molecule has 1 fully saturated rings. The van der Waals surface area contributed by atoms with Crippen molar-refractivity contribution < 1.29 is 9.59 Å². The molecule has 2 amide bonds. The van der Waals surface area contributed by atoms with Gasteiger partial charge in [-0.2, -0.15) is 0 Å². The lowest BCUT2D eigenvalue weighted by Gasteiger charge is -2.34. The van der Waals surface area contributed by atoms with Crippen LogP contribution in [0.15, 0.2) is 0 Å². The zero-order chi connectivity index (χ0) is 15.5. The molecular formula is C15H29N3O2. The summed E-state index contributed by atoms with van der Waals surface area (Å²) in [4.78, 5) is 27.6. The SMILES string of the molecule is CN(C)C(=O)C1CCN(C(=O)CC(N)C(C)(C)C)CC1. The second kappa shape index (κ2) is 6.57. The quantitative estimate of drug-likeness (QED) is 0.842. The molecule has 5 nitrogen and oxygen atoms in total. The van der Waals surface area contributed by atoms with E-state index < -0.39 is 0 Å². The van der Waals surface area contributed by atoms with Crippen molar-refractivity contribution in [2.75, 3.05) is 27.2 Å². The van der Waals surface area contributed by atoms with E-state index in [4.69, 9.17) is 5.73 Å². The summed E-state index contributed by atoms with van der Waals surface area (Å²) in [6, 6.07) is -0.129. The number of hydrogen-bond donors (Lipinski definition) is 1. The third-order valence-electron chi connectivity index (χ3n) is 4.14. The second-order valence-electron chi connectivity index (χ2n) is 7.06. The summed E-state index contributed by atoms with van der Waals surface area (Å²) in [6.45, 7) is 7.48. The molecule has 1 unspecified atom stereocenters. The number of carbonyl (C=O) groups excluding carboxylic acids is 2. The molecule has 0 saturated carbocycles. The van der Waals surface area contributed by atoms with E-state index in [0.29, 0.717) is 19.5 Å². The predicted octanol–water partition coefficient (Wildman–Crippen LogP) is 1.08. The highest BCUT2D eigenvalue weighted by Crippen LogP contribution is 2.23. The zero-order valence-electron chi connectivity index (χ0n) is 13.5. The number of piperidine rings is 1. The van der Waals surface area contributed by atoms with E-state index in [2.05, 4.69) is 0 Å². The fourth-order valence-electron chi connectivity index (χ4n) is 2.36. The number of hydrogen-bond acceptors (Lipinski definition) is 3. The van der Waals surface area contributed by atoms with E-state index in [1.54, 1.807) is 19.0 Å². The number of rotatable bonds is 3. The maximum Gasteiger partial charge on any atom is 0.225 e. The molecule has 0 aromatic carbocycles. The molecule has 0 aromatic heterocycles. The molecule has 0 spiro atoms. The molecule has 1 rings (SSSR count). The Morgan fingerprint density at radius 2 is 1.75 bits per heavy atom. The first kappa shape index (κ1) is 17.0. The van der Waals surface area contributed by atoms with E-state index in [1.807, 2.05) is 25.7 Å². The van der Waals surface area contributed by atoms with Gasteiger partial charge in [0, 0.05) is 45.6 Å². The third-order valence-corrected chi connectivity index (χ3v) is 4.14. The second-order valence-corrected chi connectivity index (χ2v) is 7.06. The van der Waals surface area contributed by atoms with Crippen molar-refractivity contribution in [3.63, 3.8) is 0 Å². The average molecular weight is 283 g/mol. The van der Waals surface area contributed by atoms with Crippen LogP contribution in [0.3, 0.4) is 0 Å². The van der Waals surface area contributed by atoms with Gasteiger partial charge >= 0.3 is 0 Å². The normalized spacial score (nSPS) is 18.8. The van der Waals surface area contributed by atoms with Gasteiger partial charge in [-0.25, -0.2) is 0 Å². The Kier molecular flexibility index (Phi) is 5.57. The summed E-state index contributed by atoms with van der Waals surface area (Å²) in [6.07, 6.45) is 1.90. The van der Waals surface area contributed by atoms with Crippen molar-refractivity contribution in [2.45, 2.75) is 46.1 Å². The van der Waals surface area contributed by atoms with E-state index in [-0.39, 0.29) is 29.2 Å². The highest BCUT2D eigenvalue weighted by Gasteiger charge is 2.30. The Morgan fingerprint density at radius 3 is 2.15 bits per heavy atom. The Labute approximate surface area is 122 Å². The van der Waals surface area contributed by atoms with Gasteiger partial charge < -0.3 is 15.5 Å². The maximum absolute atomic E-state index is 12.2. The van der Waals surface area contributed by atoms with Crippen molar-refractivity contribution in [3.8, 4) is 0 Å². The first-order valence-corrected chi connectivity index (χ1v) is 7.37. The molecule has 5 heteroatoms. The summed E-state index contributed by atoms with van der Waals surface area (Å²) >= 11 is 0. The first-order chi connectivity index (χ1) is 9.12. The molecule has 0 bridgehead atoms.